The largest absolute Gasteiger partial charge is 0.497 e. The number of carbonyl (C=O) groups excluding carboxylic acids is 1. The first-order valence-electron chi connectivity index (χ1n) is 10.3. The van der Waals surface area contributed by atoms with E-state index in [1.54, 1.807) is 13.2 Å². The molecule has 0 unspecified atom stereocenters. The standard InChI is InChI=1S/C23H23N5O2S/c1-30-20-11-5-9-19(14-20)28-12-6-10-18(28)13-17(15-24)21(29)25-23-27-26-22(31-23)16-7-3-2-4-8-16/h5-6,9-14,16H,2-4,7-8H2,1H3,(H,25,27,29)/b17-13-. The Morgan fingerprint density at radius 1 is 1.26 bits per heavy atom. The number of anilines is 1. The number of nitrogens with zero attached hydrogens (tertiary/aromatic N) is 4. The van der Waals surface area contributed by atoms with Crippen LogP contribution in [0.15, 0.2) is 48.2 Å². The number of benzene rings is 1. The summed E-state index contributed by atoms with van der Waals surface area (Å²) in [4.78, 5) is 12.7. The van der Waals surface area contributed by atoms with Crippen LogP contribution in [0.25, 0.3) is 11.8 Å². The summed E-state index contributed by atoms with van der Waals surface area (Å²) in [7, 11) is 1.61. The molecule has 0 radical (unpaired) electrons. The molecule has 158 valence electrons. The first-order chi connectivity index (χ1) is 15.2. The van der Waals surface area contributed by atoms with E-state index < -0.39 is 5.91 Å². The predicted molar refractivity (Wildman–Crippen MR) is 120 cm³/mol. The van der Waals surface area contributed by atoms with Crippen molar-refractivity contribution in [1.82, 2.24) is 14.8 Å². The highest BCUT2D eigenvalue weighted by Crippen LogP contribution is 2.35. The van der Waals surface area contributed by atoms with Gasteiger partial charge in [-0.2, -0.15) is 5.26 Å². The lowest BCUT2D eigenvalue weighted by Crippen LogP contribution is -2.13. The maximum absolute atomic E-state index is 12.7. The highest BCUT2D eigenvalue weighted by Gasteiger charge is 2.21. The molecule has 0 aliphatic heterocycles. The fourth-order valence-electron chi connectivity index (χ4n) is 3.77. The highest BCUT2D eigenvalue weighted by atomic mass is 32.1. The number of ether oxygens (including phenoxy) is 1. The number of carbonyl (C=O) groups is 1. The van der Waals surface area contributed by atoms with Crippen LogP contribution in [0.3, 0.4) is 0 Å². The summed E-state index contributed by atoms with van der Waals surface area (Å²) >= 11 is 1.40. The van der Waals surface area contributed by atoms with Crippen molar-refractivity contribution in [3.63, 3.8) is 0 Å². The normalized spacial score (nSPS) is 14.8. The van der Waals surface area contributed by atoms with Crippen molar-refractivity contribution in [1.29, 1.82) is 5.26 Å². The number of nitriles is 1. The molecule has 0 bridgehead atoms. The van der Waals surface area contributed by atoms with Crippen LogP contribution >= 0.6 is 11.3 Å². The minimum Gasteiger partial charge on any atom is -0.497 e. The fourth-order valence-corrected chi connectivity index (χ4v) is 4.68. The average molecular weight is 434 g/mol. The number of hydrogen-bond donors (Lipinski definition) is 1. The Bertz CT molecular complexity index is 1130. The number of methoxy groups -OCH3 is 1. The van der Waals surface area contributed by atoms with Crippen molar-refractivity contribution < 1.29 is 9.53 Å². The number of aromatic nitrogens is 3. The number of hydrogen-bond acceptors (Lipinski definition) is 6. The second-order valence-corrected chi connectivity index (χ2v) is 8.42. The highest BCUT2D eigenvalue weighted by molar-refractivity contribution is 7.15. The van der Waals surface area contributed by atoms with Crippen LogP contribution in [0.4, 0.5) is 5.13 Å². The van der Waals surface area contributed by atoms with Crippen LogP contribution in [0.2, 0.25) is 0 Å². The Morgan fingerprint density at radius 3 is 2.87 bits per heavy atom. The second kappa shape index (κ2) is 9.58. The SMILES string of the molecule is COc1cccc(-n2cccc2/C=C(/C#N)C(=O)Nc2nnc(C3CCCCC3)s2)c1. The summed E-state index contributed by atoms with van der Waals surface area (Å²) in [6.45, 7) is 0. The van der Waals surface area contributed by atoms with Gasteiger partial charge in [0.05, 0.1) is 7.11 Å². The van der Waals surface area contributed by atoms with Gasteiger partial charge in [-0.15, -0.1) is 10.2 Å². The van der Waals surface area contributed by atoms with Crippen molar-refractivity contribution in [3.8, 4) is 17.5 Å². The van der Waals surface area contributed by atoms with E-state index in [4.69, 9.17) is 4.74 Å². The summed E-state index contributed by atoms with van der Waals surface area (Å²) in [5, 5.41) is 22.1. The van der Waals surface area contributed by atoms with Crippen LogP contribution in [0.1, 0.15) is 48.7 Å². The quantitative estimate of drug-likeness (QED) is 0.439. The van der Waals surface area contributed by atoms with E-state index in [2.05, 4.69) is 15.5 Å². The minimum absolute atomic E-state index is 0.00253. The van der Waals surface area contributed by atoms with E-state index in [1.807, 2.05) is 53.2 Å². The first-order valence-corrected chi connectivity index (χ1v) is 11.1. The third kappa shape index (κ3) is 4.84. The molecule has 3 aromatic rings. The van der Waals surface area contributed by atoms with Gasteiger partial charge in [-0.25, -0.2) is 0 Å². The molecule has 1 N–H and O–H groups in total. The molecule has 1 aliphatic carbocycles. The molecule has 1 aliphatic rings. The molecule has 4 rings (SSSR count). The third-order valence-electron chi connectivity index (χ3n) is 5.38. The third-order valence-corrected chi connectivity index (χ3v) is 6.39. The lowest BCUT2D eigenvalue weighted by molar-refractivity contribution is -0.112. The van der Waals surface area contributed by atoms with Crippen LogP contribution in [0, 0.1) is 11.3 Å². The van der Waals surface area contributed by atoms with Crippen molar-refractivity contribution >= 4 is 28.5 Å². The van der Waals surface area contributed by atoms with Crippen LogP contribution in [0.5, 0.6) is 5.75 Å². The molecule has 2 aromatic heterocycles. The van der Waals surface area contributed by atoms with Gasteiger partial charge in [-0.1, -0.05) is 36.7 Å². The molecular formula is C23H23N5O2S. The van der Waals surface area contributed by atoms with Gasteiger partial charge in [0, 0.05) is 29.6 Å². The molecule has 31 heavy (non-hydrogen) atoms. The zero-order chi connectivity index (χ0) is 21.6. The van der Waals surface area contributed by atoms with Gasteiger partial charge in [0.25, 0.3) is 5.91 Å². The first kappa shape index (κ1) is 20.8. The Balaban J connectivity index is 1.52. The molecule has 1 aromatic carbocycles. The molecule has 1 fully saturated rings. The van der Waals surface area contributed by atoms with Gasteiger partial charge in [0.15, 0.2) is 0 Å². The molecule has 7 nitrogen and oxygen atoms in total. The van der Waals surface area contributed by atoms with Crippen molar-refractivity contribution in [2.24, 2.45) is 0 Å². The maximum Gasteiger partial charge on any atom is 0.268 e. The Morgan fingerprint density at radius 2 is 2.10 bits per heavy atom. The van der Waals surface area contributed by atoms with Crippen LogP contribution in [-0.2, 0) is 4.79 Å². The lowest BCUT2D eigenvalue weighted by atomic mass is 9.90. The zero-order valence-electron chi connectivity index (χ0n) is 17.2. The smallest absolute Gasteiger partial charge is 0.268 e. The number of rotatable bonds is 6. The Hall–Kier alpha value is -3.44. The van der Waals surface area contributed by atoms with E-state index in [-0.39, 0.29) is 5.57 Å². The van der Waals surface area contributed by atoms with E-state index in [1.165, 1.54) is 30.6 Å². The van der Waals surface area contributed by atoms with E-state index in [0.29, 0.717) is 16.7 Å². The summed E-state index contributed by atoms with van der Waals surface area (Å²) in [5.74, 6) is 0.658. The molecule has 2 heterocycles. The van der Waals surface area contributed by atoms with Gasteiger partial charge in [-0.3, -0.25) is 10.1 Å². The summed E-state index contributed by atoms with van der Waals surface area (Å²) in [6, 6.07) is 13.3. The Labute approximate surface area is 185 Å². The molecule has 0 atom stereocenters. The van der Waals surface area contributed by atoms with Gasteiger partial charge >= 0.3 is 0 Å². The van der Waals surface area contributed by atoms with E-state index >= 15 is 0 Å². The number of amides is 1. The molecular weight excluding hydrogens is 410 g/mol. The summed E-state index contributed by atoms with van der Waals surface area (Å²) in [6.07, 6.45) is 9.36. The topological polar surface area (TPSA) is 92.8 Å². The van der Waals surface area contributed by atoms with Gasteiger partial charge < -0.3 is 9.30 Å². The van der Waals surface area contributed by atoms with Crippen molar-refractivity contribution in [2.75, 3.05) is 12.4 Å². The van der Waals surface area contributed by atoms with E-state index in [9.17, 15) is 10.1 Å². The van der Waals surface area contributed by atoms with Crippen molar-refractivity contribution in [2.45, 2.75) is 38.0 Å². The van der Waals surface area contributed by atoms with Crippen LogP contribution in [-0.4, -0.2) is 27.8 Å². The molecule has 0 saturated heterocycles. The van der Waals surface area contributed by atoms with Gasteiger partial charge in [0.2, 0.25) is 5.13 Å². The monoisotopic (exact) mass is 433 g/mol. The maximum atomic E-state index is 12.7. The lowest BCUT2D eigenvalue weighted by Gasteiger charge is -2.18. The molecule has 1 amide bonds. The minimum atomic E-state index is -0.493. The Kier molecular flexibility index (Phi) is 6.43. The predicted octanol–water partition coefficient (Wildman–Crippen LogP) is 4.93. The average Bonchev–Trinajstić information content (AvgIpc) is 3.47. The van der Waals surface area contributed by atoms with E-state index in [0.717, 1.165) is 29.3 Å². The molecule has 8 heteroatoms. The second-order valence-electron chi connectivity index (χ2n) is 7.41. The fraction of sp³-hybridized carbons (Fsp3) is 0.304. The van der Waals surface area contributed by atoms with Crippen LogP contribution < -0.4 is 10.1 Å². The molecule has 1 saturated carbocycles. The number of nitrogens with one attached hydrogen (secondary N) is 1. The summed E-state index contributed by atoms with van der Waals surface area (Å²) < 4.78 is 7.18. The van der Waals surface area contributed by atoms with Crippen molar-refractivity contribution in [3.05, 3.63) is 58.9 Å². The van der Waals surface area contributed by atoms with Gasteiger partial charge in [0.1, 0.15) is 22.4 Å². The van der Waals surface area contributed by atoms with Gasteiger partial charge in [-0.05, 0) is 43.2 Å². The molecule has 0 spiro atoms. The summed E-state index contributed by atoms with van der Waals surface area (Å²) in [5.41, 5.74) is 1.58. The zero-order valence-corrected chi connectivity index (χ0v) is 18.1.